The van der Waals surface area contributed by atoms with Crippen molar-refractivity contribution in [3.63, 3.8) is 0 Å². The average molecular weight is 455 g/mol. The van der Waals surface area contributed by atoms with Crippen molar-refractivity contribution in [1.29, 1.82) is 0 Å². The van der Waals surface area contributed by atoms with E-state index in [9.17, 15) is 0 Å². The van der Waals surface area contributed by atoms with Crippen LogP contribution in [0, 0.1) is 13.8 Å². The Morgan fingerprint density at radius 2 is 0.676 bits per heavy atom. The minimum absolute atomic E-state index is 0.831. The normalized spacial score (nSPS) is 10.6. The molecule has 0 saturated heterocycles. The summed E-state index contributed by atoms with van der Waals surface area (Å²) in [5.41, 5.74) is 8.53. The highest BCUT2D eigenvalue weighted by atomic mass is 16.5. The first-order chi connectivity index (χ1) is 16.5. The van der Waals surface area contributed by atoms with Crippen molar-refractivity contribution < 1.29 is 18.9 Å². The van der Waals surface area contributed by atoms with Crippen LogP contribution in [0.2, 0.25) is 0 Å². The average Bonchev–Trinajstić information content (AvgIpc) is 2.88. The molecule has 4 aromatic carbocycles. The first-order valence-electron chi connectivity index (χ1n) is 11.2. The van der Waals surface area contributed by atoms with Gasteiger partial charge in [0.15, 0.2) is 0 Å². The van der Waals surface area contributed by atoms with Crippen LogP contribution in [0.5, 0.6) is 23.0 Å². The molecule has 0 aliphatic heterocycles. The zero-order valence-corrected chi connectivity index (χ0v) is 20.6. The molecule has 174 valence electrons. The van der Waals surface area contributed by atoms with Crippen LogP contribution in [0.25, 0.3) is 33.4 Å². The molecule has 0 fully saturated rings. The second-order valence-corrected chi connectivity index (χ2v) is 8.20. The van der Waals surface area contributed by atoms with Crippen LogP contribution in [0.1, 0.15) is 11.1 Å². The first-order valence-corrected chi connectivity index (χ1v) is 11.2. The number of hydrogen-bond donors (Lipinski definition) is 0. The van der Waals surface area contributed by atoms with Gasteiger partial charge in [0.1, 0.15) is 23.0 Å². The van der Waals surface area contributed by atoms with Crippen LogP contribution in [0.15, 0.2) is 72.8 Å². The van der Waals surface area contributed by atoms with Gasteiger partial charge in [-0.05, 0) is 71.5 Å². The monoisotopic (exact) mass is 454 g/mol. The number of benzene rings is 4. The maximum atomic E-state index is 5.62. The summed E-state index contributed by atoms with van der Waals surface area (Å²) < 4.78 is 22.3. The second-order valence-electron chi connectivity index (χ2n) is 8.20. The lowest BCUT2D eigenvalue weighted by Crippen LogP contribution is -1.93. The molecule has 0 aromatic heterocycles. The third-order valence-electron chi connectivity index (χ3n) is 6.16. The van der Waals surface area contributed by atoms with E-state index >= 15 is 0 Å². The zero-order valence-electron chi connectivity index (χ0n) is 20.6. The van der Waals surface area contributed by atoms with Gasteiger partial charge in [-0.25, -0.2) is 0 Å². The summed E-state index contributed by atoms with van der Waals surface area (Å²) in [6.45, 7) is 4.03. The summed E-state index contributed by atoms with van der Waals surface area (Å²) in [6, 6.07) is 25.1. The molecule has 4 heteroatoms. The molecule has 4 rings (SSSR count). The van der Waals surface area contributed by atoms with E-state index in [1.165, 1.54) is 0 Å². The molecule has 0 heterocycles. The predicted octanol–water partition coefficient (Wildman–Crippen LogP) is 7.34. The van der Waals surface area contributed by atoms with Gasteiger partial charge < -0.3 is 18.9 Å². The maximum absolute atomic E-state index is 5.62. The van der Waals surface area contributed by atoms with Gasteiger partial charge in [-0.15, -0.1) is 0 Å². The lowest BCUT2D eigenvalue weighted by Gasteiger charge is -2.14. The Kier molecular flexibility index (Phi) is 6.78. The van der Waals surface area contributed by atoms with Crippen molar-refractivity contribution in [3.05, 3.63) is 83.9 Å². The van der Waals surface area contributed by atoms with Gasteiger partial charge in [0.25, 0.3) is 0 Å². The minimum atomic E-state index is 0.831. The topological polar surface area (TPSA) is 36.9 Å². The fraction of sp³-hybridized carbons (Fsp3) is 0.200. The van der Waals surface area contributed by atoms with Crippen molar-refractivity contribution >= 4 is 0 Å². The molecule has 34 heavy (non-hydrogen) atoms. The van der Waals surface area contributed by atoms with Crippen LogP contribution in [0.3, 0.4) is 0 Å². The molecule has 0 radical (unpaired) electrons. The summed E-state index contributed by atoms with van der Waals surface area (Å²) in [5.74, 6) is 3.35. The largest absolute Gasteiger partial charge is 0.496 e. The molecule has 0 atom stereocenters. The second kappa shape index (κ2) is 9.92. The molecule has 4 aromatic rings. The van der Waals surface area contributed by atoms with Gasteiger partial charge in [0, 0.05) is 11.1 Å². The highest BCUT2D eigenvalue weighted by Crippen LogP contribution is 2.38. The Morgan fingerprint density at radius 3 is 0.971 bits per heavy atom. The predicted molar refractivity (Wildman–Crippen MR) is 138 cm³/mol. The maximum Gasteiger partial charge on any atom is 0.127 e. The SMILES string of the molecule is COc1cc(-c2ccc(-c3ccc(-c4cc(OC)c(C)cc4OC)cc3)cc2)c(OC)cc1C. The highest BCUT2D eigenvalue weighted by molar-refractivity contribution is 5.78. The van der Waals surface area contributed by atoms with E-state index in [1.54, 1.807) is 28.4 Å². The molecule has 4 nitrogen and oxygen atoms in total. The van der Waals surface area contributed by atoms with Gasteiger partial charge in [-0.3, -0.25) is 0 Å². The molecule has 0 aliphatic rings. The summed E-state index contributed by atoms with van der Waals surface area (Å²) in [6.07, 6.45) is 0. The van der Waals surface area contributed by atoms with E-state index in [2.05, 4.69) is 48.5 Å². The van der Waals surface area contributed by atoms with E-state index in [1.807, 2.05) is 38.1 Å². The van der Waals surface area contributed by atoms with Gasteiger partial charge >= 0.3 is 0 Å². The quantitative estimate of drug-likeness (QED) is 0.293. The van der Waals surface area contributed by atoms with E-state index in [4.69, 9.17) is 18.9 Å². The van der Waals surface area contributed by atoms with Gasteiger partial charge in [-0.1, -0.05) is 48.5 Å². The molecular weight excluding hydrogens is 424 g/mol. The third-order valence-corrected chi connectivity index (χ3v) is 6.16. The van der Waals surface area contributed by atoms with Gasteiger partial charge in [0.2, 0.25) is 0 Å². The Labute approximate surface area is 201 Å². The molecule has 0 amide bonds. The smallest absolute Gasteiger partial charge is 0.127 e. The summed E-state index contributed by atoms with van der Waals surface area (Å²) in [4.78, 5) is 0. The Hall–Kier alpha value is -3.92. The summed E-state index contributed by atoms with van der Waals surface area (Å²) in [7, 11) is 6.76. The number of ether oxygens (including phenoxy) is 4. The molecule has 0 aliphatic carbocycles. The molecule has 0 N–H and O–H groups in total. The van der Waals surface area contributed by atoms with Crippen LogP contribution in [0.4, 0.5) is 0 Å². The van der Waals surface area contributed by atoms with Crippen LogP contribution >= 0.6 is 0 Å². The molecule has 0 bridgehead atoms. The Morgan fingerprint density at radius 1 is 0.382 bits per heavy atom. The van der Waals surface area contributed by atoms with Crippen molar-refractivity contribution in [2.75, 3.05) is 28.4 Å². The standard InChI is InChI=1S/C30H30O4/c1-19-15-29(33-5)25(17-27(19)31-3)23-11-7-21(8-12-23)22-9-13-24(14-10-22)26-18-28(32-4)20(2)16-30(26)34-6/h7-18H,1-6H3. The molecule has 0 unspecified atom stereocenters. The Balaban J connectivity index is 1.65. The number of hydrogen-bond acceptors (Lipinski definition) is 4. The lowest BCUT2D eigenvalue weighted by atomic mass is 9.96. The first kappa shape index (κ1) is 23.2. The number of aryl methyl sites for hydroxylation is 2. The zero-order chi connectivity index (χ0) is 24.2. The highest BCUT2D eigenvalue weighted by Gasteiger charge is 2.13. The summed E-state index contributed by atoms with van der Waals surface area (Å²) >= 11 is 0. The molecular formula is C30H30O4. The van der Waals surface area contributed by atoms with Crippen molar-refractivity contribution in [2.45, 2.75) is 13.8 Å². The third kappa shape index (κ3) is 4.44. The lowest BCUT2D eigenvalue weighted by molar-refractivity contribution is 0.402. The molecule has 0 saturated carbocycles. The van der Waals surface area contributed by atoms with E-state index in [0.717, 1.165) is 67.5 Å². The number of rotatable bonds is 7. The van der Waals surface area contributed by atoms with Crippen molar-refractivity contribution in [3.8, 4) is 56.4 Å². The van der Waals surface area contributed by atoms with E-state index in [0.29, 0.717) is 0 Å². The van der Waals surface area contributed by atoms with Crippen LogP contribution in [-0.4, -0.2) is 28.4 Å². The number of methoxy groups -OCH3 is 4. The minimum Gasteiger partial charge on any atom is -0.496 e. The molecule has 0 spiro atoms. The fourth-order valence-corrected chi connectivity index (χ4v) is 4.24. The summed E-state index contributed by atoms with van der Waals surface area (Å²) in [5, 5.41) is 0. The van der Waals surface area contributed by atoms with Crippen LogP contribution in [-0.2, 0) is 0 Å². The van der Waals surface area contributed by atoms with Crippen LogP contribution < -0.4 is 18.9 Å². The van der Waals surface area contributed by atoms with Crippen molar-refractivity contribution in [1.82, 2.24) is 0 Å². The fourth-order valence-electron chi connectivity index (χ4n) is 4.24. The van der Waals surface area contributed by atoms with Gasteiger partial charge in [0.05, 0.1) is 28.4 Å². The van der Waals surface area contributed by atoms with Crippen molar-refractivity contribution in [2.24, 2.45) is 0 Å². The van der Waals surface area contributed by atoms with E-state index in [-0.39, 0.29) is 0 Å². The Bertz CT molecular complexity index is 1190. The van der Waals surface area contributed by atoms with Gasteiger partial charge in [-0.2, -0.15) is 0 Å². The van der Waals surface area contributed by atoms with E-state index < -0.39 is 0 Å².